The van der Waals surface area contributed by atoms with Gasteiger partial charge >= 0.3 is 0 Å². The van der Waals surface area contributed by atoms with Gasteiger partial charge in [-0.1, -0.05) is 17.7 Å². The lowest BCUT2D eigenvalue weighted by Gasteiger charge is -2.21. The minimum absolute atomic E-state index is 0. The van der Waals surface area contributed by atoms with E-state index in [1.54, 1.807) is 0 Å². The molecule has 62 valence electrons. The van der Waals surface area contributed by atoms with Crippen molar-refractivity contribution >= 4 is 12.4 Å². The van der Waals surface area contributed by atoms with Gasteiger partial charge in [0.25, 0.3) is 0 Å². The molecule has 0 bridgehead atoms. The number of allylic oxidation sites excluding steroid dienone is 2. The van der Waals surface area contributed by atoms with Crippen molar-refractivity contribution in [2.45, 2.75) is 6.92 Å². The van der Waals surface area contributed by atoms with Crippen LogP contribution in [-0.2, 0) is 0 Å². The first kappa shape index (κ1) is 10.3. The van der Waals surface area contributed by atoms with Crippen molar-refractivity contribution in [2.75, 3.05) is 13.1 Å². The van der Waals surface area contributed by atoms with Gasteiger partial charge in [0.1, 0.15) is 0 Å². The fourth-order valence-corrected chi connectivity index (χ4v) is 1.05. The van der Waals surface area contributed by atoms with Crippen LogP contribution in [0.15, 0.2) is 36.6 Å². The molecule has 0 atom stereocenters. The molecule has 1 rings (SSSR count). The molecule has 11 heavy (non-hydrogen) atoms. The Morgan fingerprint density at radius 1 is 1.73 bits per heavy atom. The van der Waals surface area contributed by atoms with E-state index in [2.05, 4.69) is 36.8 Å². The Hall–Kier alpha value is -0.690. The highest BCUT2D eigenvalue weighted by molar-refractivity contribution is 5.85. The molecule has 0 saturated heterocycles. The molecule has 0 aromatic rings. The molecule has 0 spiro atoms. The largest absolute Gasteiger partial charge is 0.370 e. The quantitative estimate of drug-likeness (QED) is 0.577. The highest BCUT2D eigenvalue weighted by Gasteiger charge is 1.99. The number of hydrogen-bond acceptors (Lipinski definition) is 1. The summed E-state index contributed by atoms with van der Waals surface area (Å²) in [4.78, 5) is 2.22. The van der Waals surface area contributed by atoms with Crippen LogP contribution in [0.2, 0.25) is 0 Å². The van der Waals surface area contributed by atoms with Gasteiger partial charge in [-0.2, -0.15) is 0 Å². The molecule has 0 unspecified atom stereocenters. The van der Waals surface area contributed by atoms with Gasteiger partial charge in [-0.05, 0) is 19.2 Å². The van der Waals surface area contributed by atoms with Crippen molar-refractivity contribution in [1.82, 2.24) is 4.90 Å². The number of nitrogens with zero attached hydrogens (tertiary/aromatic N) is 1. The summed E-state index contributed by atoms with van der Waals surface area (Å²) in [5.74, 6) is 0. The zero-order chi connectivity index (χ0) is 7.40. The van der Waals surface area contributed by atoms with Gasteiger partial charge in [0.2, 0.25) is 0 Å². The molecular weight excluding hydrogens is 158 g/mol. The summed E-state index contributed by atoms with van der Waals surface area (Å²) in [5, 5.41) is 0. The van der Waals surface area contributed by atoms with Gasteiger partial charge in [0.05, 0.1) is 0 Å². The van der Waals surface area contributed by atoms with Crippen molar-refractivity contribution in [3.63, 3.8) is 0 Å². The molecule has 2 heteroatoms. The Bertz CT molecular complexity index is 182. The van der Waals surface area contributed by atoms with Crippen LogP contribution in [0.3, 0.4) is 0 Å². The topological polar surface area (TPSA) is 3.24 Å². The lowest BCUT2D eigenvalue weighted by Crippen LogP contribution is -2.20. The molecule has 0 amide bonds. The summed E-state index contributed by atoms with van der Waals surface area (Å²) in [6.07, 6.45) is 8.22. The molecule has 0 aliphatic carbocycles. The van der Waals surface area contributed by atoms with Crippen molar-refractivity contribution in [3.05, 3.63) is 36.6 Å². The molecule has 0 aromatic carbocycles. The Kier molecular flexibility index (Phi) is 4.71. The van der Waals surface area contributed by atoms with Gasteiger partial charge in [0, 0.05) is 13.1 Å². The van der Waals surface area contributed by atoms with Crippen molar-refractivity contribution in [3.8, 4) is 0 Å². The average Bonchev–Trinajstić information content (AvgIpc) is 1.88. The standard InChI is InChI=1S/C9H13N.ClH/c1-3-6-10-7-4-5-9(2)8-10;/h3-5,7H,1,6,8H2,2H3;1H. The summed E-state index contributed by atoms with van der Waals surface area (Å²) in [6, 6.07) is 0. The predicted molar refractivity (Wildman–Crippen MR) is 51.9 cm³/mol. The zero-order valence-corrected chi connectivity index (χ0v) is 7.60. The van der Waals surface area contributed by atoms with Gasteiger partial charge in [-0.15, -0.1) is 19.0 Å². The Morgan fingerprint density at radius 3 is 3.00 bits per heavy atom. The van der Waals surface area contributed by atoms with Crippen LogP contribution in [0.25, 0.3) is 0 Å². The summed E-state index contributed by atoms with van der Waals surface area (Å²) in [5.41, 5.74) is 1.41. The molecule has 0 aromatic heterocycles. The second-order valence-corrected chi connectivity index (χ2v) is 2.57. The summed E-state index contributed by atoms with van der Waals surface area (Å²) >= 11 is 0. The summed E-state index contributed by atoms with van der Waals surface area (Å²) < 4.78 is 0. The van der Waals surface area contributed by atoms with E-state index in [0.717, 1.165) is 13.1 Å². The molecule has 0 N–H and O–H groups in total. The first-order valence-corrected chi connectivity index (χ1v) is 3.52. The van der Waals surface area contributed by atoms with Crippen LogP contribution in [-0.4, -0.2) is 18.0 Å². The fourth-order valence-electron chi connectivity index (χ4n) is 1.05. The fraction of sp³-hybridized carbons (Fsp3) is 0.333. The monoisotopic (exact) mass is 171 g/mol. The highest BCUT2D eigenvalue weighted by Crippen LogP contribution is 2.05. The lowest BCUT2D eigenvalue weighted by molar-refractivity contribution is 0.446. The van der Waals surface area contributed by atoms with Gasteiger partial charge in [-0.3, -0.25) is 0 Å². The van der Waals surface area contributed by atoms with E-state index in [9.17, 15) is 0 Å². The third-order valence-corrected chi connectivity index (χ3v) is 1.49. The van der Waals surface area contributed by atoms with Gasteiger partial charge < -0.3 is 4.90 Å². The predicted octanol–water partition coefficient (Wildman–Crippen LogP) is 2.37. The van der Waals surface area contributed by atoms with Crippen molar-refractivity contribution in [2.24, 2.45) is 0 Å². The number of hydrogen-bond donors (Lipinski definition) is 0. The maximum atomic E-state index is 3.68. The third-order valence-electron chi connectivity index (χ3n) is 1.49. The maximum absolute atomic E-state index is 3.68. The van der Waals surface area contributed by atoms with Crippen LogP contribution >= 0.6 is 12.4 Å². The minimum atomic E-state index is 0. The Morgan fingerprint density at radius 2 is 2.45 bits per heavy atom. The van der Waals surface area contributed by atoms with Crippen LogP contribution in [0.5, 0.6) is 0 Å². The van der Waals surface area contributed by atoms with Crippen LogP contribution in [0.4, 0.5) is 0 Å². The van der Waals surface area contributed by atoms with E-state index in [4.69, 9.17) is 0 Å². The zero-order valence-electron chi connectivity index (χ0n) is 6.79. The second-order valence-electron chi connectivity index (χ2n) is 2.57. The Balaban J connectivity index is 0.000001000. The first-order chi connectivity index (χ1) is 4.83. The molecule has 0 saturated carbocycles. The SMILES string of the molecule is C=CCN1C=CC=C(C)C1.Cl. The van der Waals surface area contributed by atoms with E-state index < -0.39 is 0 Å². The summed E-state index contributed by atoms with van der Waals surface area (Å²) in [7, 11) is 0. The molecule has 0 radical (unpaired) electrons. The van der Waals surface area contributed by atoms with Crippen LogP contribution in [0.1, 0.15) is 6.92 Å². The molecule has 0 fully saturated rings. The summed E-state index contributed by atoms with van der Waals surface area (Å²) in [6.45, 7) is 7.81. The minimum Gasteiger partial charge on any atom is -0.370 e. The van der Waals surface area contributed by atoms with E-state index in [0.29, 0.717) is 0 Å². The lowest BCUT2D eigenvalue weighted by atomic mass is 10.2. The van der Waals surface area contributed by atoms with Crippen LogP contribution < -0.4 is 0 Å². The van der Waals surface area contributed by atoms with E-state index in [1.807, 2.05) is 6.08 Å². The molecule has 1 aliphatic rings. The van der Waals surface area contributed by atoms with Crippen molar-refractivity contribution in [1.29, 1.82) is 0 Å². The highest BCUT2D eigenvalue weighted by atomic mass is 35.5. The smallest absolute Gasteiger partial charge is 0.0387 e. The van der Waals surface area contributed by atoms with E-state index >= 15 is 0 Å². The molecule has 1 aliphatic heterocycles. The maximum Gasteiger partial charge on any atom is 0.0387 e. The number of rotatable bonds is 2. The van der Waals surface area contributed by atoms with E-state index in [-0.39, 0.29) is 12.4 Å². The van der Waals surface area contributed by atoms with Gasteiger partial charge in [0.15, 0.2) is 0 Å². The van der Waals surface area contributed by atoms with E-state index in [1.165, 1.54) is 5.57 Å². The first-order valence-electron chi connectivity index (χ1n) is 3.52. The average molecular weight is 172 g/mol. The Labute approximate surface area is 74.5 Å². The normalized spacial score (nSPS) is 15.4. The van der Waals surface area contributed by atoms with Crippen LogP contribution in [0, 0.1) is 0 Å². The van der Waals surface area contributed by atoms with Gasteiger partial charge in [-0.25, -0.2) is 0 Å². The van der Waals surface area contributed by atoms with Crippen molar-refractivity contribution < 1.29 is 0 Å². The molecule has 1 nitrogen and oxygen atoms in total. The molecule has 1 heterocycles. The second kappa shape index (κ2) is 5.03. The molecular formula is C9H14ClN. The number of halogens is 1. The third kappa shape index (κ3) is 3.28.